The van der Waals surface area contributed by atoms with Crippen LogP contribution in [0.15, 0.2) is 0 Å². The lowest BCUT2D eigenvalue weighted by Gasteiger charge is -2.09. The molecule has 0 bridgehead atoms. The van der Waals surface area contributed by atoms with Crippen LogP contribution < -0.4 is 5.32 Å². The molecule has 0 aromatic rings. The molecule has 0 aliphatic heterocycles. The number of hydrogen-bond acceptors (Lipinski definition) is 3. The van der Waals surface area contributed by atoms with Crippen molar-refractivity contribution in [3.05, 3.63) is 0 Å². The highest BCUT2D eigenvalue weighted by molar-refractivity contribution is 5.87. The molecule has 0 aromatic heterocycles. The summed E-state index contributed by atoms with van der Waals surface area (Å²) in [6, 6.07) is 0. The van der Waals surface area contributed by atoms with Crippen molar-refractivity contribution in [1.29, 1.82) is 0 Å². The van der Waals surface area contributed by atoms with E-state index in [2.05, 4.69) is 5.32 Å². The first-order valence-electron chi connectivity index (χ1n) is 5.29. The zero-order chi connectivity index (χ0) is 11.8. The van der Waals surface area contributed by atoms with Crippen molar-refractivity contribution >= 4 is 11.7 Å². The van der Waals surface area contributed by atoms with Gasteiger partial charge in [-0.3, -0.25) is 9.59 Å². The molecule has 0 saturated carbocycles. The van der Waals surface area contributed by atoms with Gasteiger partial charge >= 0.3 is 0 Å². The lowest BCUT2D eigenvalue weighted by Crippen LogP contribution is -2.31. The number of nitrogens with one attached hydrogen (secondary N) is 1. The SMILES string of the molecule is COC(C)CCC(=O)NCC(=O)C(C)C. The maximum atomic E-state index is 11.3. The van der Waals surface area contributed by atoms with Crippen molar-refractivity contribution in [3.63, 3.8) is 0 Å². The Bertz CT molecular complexity index is 214. The third-order valence-electron chi connectivity index (χ3n) is 2.28. The Morgan fingerprint density at radius 2 is 1.87 bits per heavy atom. The largest absolute Gasteiger partial charge is 0.382 e. The molecule has 0 aliphatic carbocycles. The van der Waals surface area contributed by atoms with Crippen molar-refractivity contribution in [2.45, 2.75) is 39.7 Å². The number of carbonyl (C=O) groups is 2. The highest BCUT2D eigenvalue weighted by atomic mass is 16.5. The molecule has 4 nitrogen and oxygen atoms in total. The van der Waals surface area contributed by atoms with Crippen LogP contribution in [-0.2, 0) is 14.3 Å². The average Bonchev–Trinajstić information content (AvgIpc) is 2.21. The van der Waals surface area contributed by atoms with Crippen molar-refractivity contribution in [1.82, 2.24) is 5.32 Å². The van der Waals surface area contributed by atoms with E-state index < -0.39 is 0 Å². The molecule has 0 radical (unpaired) electrons. The molecule has 0 heterocycles. The van der Waals surface area contributed by atoms with Gasteiger partial charge in [0, 0.05) is 19.4 Å². The summed E-state index contributed by atoms with van der Waals surface area (Å²) in [5, 5.41) is 2.60. The molecule has 1 amide bonds. The fourth-order valence-corrected chi connectivity index (χ4v) is 0.930. The number of carbonyl (C=O) groups excluding carboxylic acids is 2. The standard InChI is InChI=1S/C11H21NO3/c1-8(2)10(13)7-12-11(14)6-5-9(3)15-4/h8-9H,5-7H2,1-4H3,(H,12,14). The van der Waals surface area contributed by atoms with Gasteiger partial charge in [-0.1, -0.05) is 13.8 Å². The van der Waals surface area contributed by atoms with E-state index in [-0.39, 0.29) is 30.3 Å². The van der Waals surface area contributed by atoms with Crippen LogP contribution in [0.5, 0.6) is 0 Å². The van der Waals surface area contributed by atoms with Crippen LogP contribution in [0.3, 0.4) is 0 Å². The third kappa shape index (κ3) is 7.08. The molecule has 1 atom stereocenters. The maximum absolute atomic E-state index is 11.3. The van der Waals surface area contributed by atoms with Gasteiger partial charge in [-0.25, -0.2) is 0 Å². The van der Waals surface area contributed by atoms with E-state index in [0.29, 0.717) is 12.8 Å². The summed E-state index contributed by atoms with van der Waals surface area (Å²) in [5.41, 5.74) is 0. The monoisotopic (exact) mass is 215 g/mol. The summed E-state index contributed by atoms with van der Waals surface area (Å²) in [5.74, 6) is -0.0563. The zero-order valence-electron chi connectivity index (χ0n) is 10.0. The number of ketones is 1. The Balaban J connectivity index is 3.62. The van der Waals surface area contributed by atoms with Crippen LogP contribution in [0.25, 0.3) is 0 Å². The van der Waals surface area contributed by atoms with Crippen molar-refractivity contribution in [2.75, 3.05) is 13.7 Å². The van der Waals surface area contributed by atoms with Gasteiger partial charge in [0.2, 0.25) is 5.91 Å². The van der Waals surface area contributed by atoms with Crippen LogP contribution in [0, 0.1) is 5.92 Å². The minimum absolute atomic E-state index is 0.0248. The van der Waals surface area contributed by atoms with E-state index in [0.717, 1.165) is 0 Å². The highest BCUT2D eigenvalue weighted by Crippen LogP contribution is 1.99. The number of rotatable bonds is 7. The molecule has 0 spiro atoms. The molecule has 88 valence electrons. The number of amides is 1. The molecule has 4 heteroatoms. The first-order valence-corrected chi connectivity index (χ1v) is 5.29. The van der Waals surface area contributed by atoms with Gasteiger partial charge in [-0.05, 0) is 13.3 Å². The zero-order valence-corrected chi connectivity index (χ0v) is 10.0. The second-order valence-corrected chi connectivity index (χ2v) is 3.98. The molecule has 15 heavy (non-hydrogen) atoms. The fourth-order valence-electron chi connectivity index (χ4n) is 0.930. The van der Waals surface area contributed by atoms with Gasteiger partial charge in [0.25, 0.3) is 0 Å². The summed E-state index contributed by atoms with van der Waals surface area (Å²) < 4.78 is 5.02. The minimum atomic E-state index is -0.0899. The Labute approximate surface area is 91.4 Å². The second kappa shape index (κ2) is 7.40. The number of methoxy groups -OCH3 is 1. The predicted molar refractivity (Wildman–Crippen MR) is 58.6 cm³/mol. The van der Waals surface area contributed by atoms with E-state index in [1.165, 1.54) is 0 Å². The summed E-state index contributed by atoms with van der Waals surface area (Å²) in [6.45, 7) is 5.69. The summed E-state index contributed by atoms with van der Waals surface area (Å²) in [4.78, 5) is 22.5. The van der Waals surface area contributed by atoms with Gasteiger partial charge < -0.3 is 10.1 Å². The molecule has 0 saturated heterocycles. The van der Waals surface area contributed by atoms with Crippen molar-refractivity contribution in [3.8, 4) is 0 Å². The molecule has 0 aromatic carbocycles. The summed E-state index contributed by atoms with van der Waals surface area (Å²) in [7, 11) is 1.62. The van der Waals surface area contributed by atoms with E-state index >= 15 is 0 Å². The highest BCUT2D eigenvalue weighted by Gasteiger charge is 2.10. The number of Topliss-reactive ketones (excluding diaryl/α,β-unsaturated/α-hetero) is 1. The topological polar surface area (TPSA) is 55.4 Å². The van der Waals surface area contributed by atoms with Crippen LogP contribution in [0.2, 0.25) is 0 Å². The van der Waals surface area contributed by atoms with E-state index in [9.17, 15) is 9.59 Å². The Kier molecular flexibility index (Phi) is 6.96. The number of ether oxygens (including phenoxy) is 1. The fraction of sp³-hybridized carbons (Fsp3) is 0.818. The van der Waals surface area contributed by atoms with Crippen LogP contribution in [0.1, 0.15) is 33.6 Å². The lowest BCUT2D eigenvalue weighted by atomic mass is 10.1. The minimum Gasteiger partial charge on any atom is -0.382 e. The normalized spacial score (nSPS) is 12.6. The van der Waals surface area contributed by atoms with E-state index in [1.807, 2.05) is 20.8 Å². The molecular weight excluding hydrogens is 194 g/mol. The van der Waals surface area contributed by atoms with Crippen LogP contribution >= 0.6 is 0 Å². The summed E-state index contributed by atoms with van der Waals surface area (Å²) >= 11 is 0. The smallest absolute Gasteiger partial charge is 0.220 e. The molecule has 1 N–H and O–H groups in total. The van der Waals surface area contributed by atoms with Crippen LogP contribution in [-0.4, -0.2) is 31.4 Å². The van der Waals surface area contributed by atoms with Crippen molar-refractivity contribution < 1.29 is 14.3 Å². The van der Waals surface area contributed by atoms with Gasteiger partial charge in [0.15, 0.2) is 5.78 Å². The maximum Gasteiger partial charge on any atom is 0.220 e. The molecule has 0 fully saturated rings. The first kappa shape index (κ1) is 14.1. The van der Waals surface area contributed by atoms with Gasteiger partial charge in [0.1, 0.15) is 0 Å². The molecule has 0 rings (SSSR count). The van der Waals surface area contributed by atoms with Gasteiger partial charge in [-0.15, -0.1) is 0 Å². The Morgan fingerprint density at radius 1 is 1.27 bits per heavy atom. The lowest BCUT2D eigenvalue weighted by molar-refractivity contribution is -0.126. The quantitative estimate of drug-likeness (QED) is 0.693. The van der Waals surface area contributed by atoms with Crippen LogP contribution in [0.4, 0.5) is 0 Å². The molecular formula is C11H21NO3. The Hall–Kier alpha value is -0.900. The second-order valence-electron chi connectivity index (χ2n) is 3.98. The third-order valence-corrected chi connectivity index (χ3v) is 2.28. The van der Waals surface area contributed by atoms with Crippen molar-refractivity contribution in [2.24, 2.45) is 5.92 Å². The van der Waals surface area contributed by atoms with E-state index in [4.69, 9.17) is 4.74 Å². The van der Waals surface area contributed by atoms with Gasteiger partial charge in [0.05, 0.1) is 12.6 Å². The van der Waals surface area contributed by atoms with Gasteiger partial charge in [-0.2, -0.15) is 0 Å². The number of hydrogen-bond donors (Lipinski definition) is 1. The molecule has 1 unspecified atom stereocenters. The Morgan fingerprint density at radius 3 is 2.33 bits per heavy atom. The molecule has 0 aliphatic rings. The average molecular weight is 215 g/mol. The predicted octanol–water partition coefficient (Wildman–Crippen LogP) is 1.14. The van der Waals surface area contributed by atoms with E-state index in [1.54, 1.807) is 7.11 Å². The summed E-state index contributed by atoms with van der Waals surface area (Å²) in [6.07, 6.45) is 1.16. The first-order chi connectivity index (χ1) is 6.97.